The van der Waals surface area contributed by atoms with Crippen molar-refractivity contribution in [1.29, 1.82) is 0 Å². The number of likely N-dealkylation sites (N-methyl/N-ethyl adjacent to an activating group) is 2. The molecule has 644 valence electrons. The molecule has 3 unspecified atom stereocenters. The van der Waals surface area contributed by atoms with Gasteiger partial charge in [0.1, 0.15) is 45.1 Å². The molecule has 0 aromatic rings. The molecule has 0 amide bonds. The second-order valence-corrected chi connectivity index (χ2v) is 36.4. The van der Waals surface area contributed by atoms with Crippen LogP contribution in [0, 0.1) is 0 Å². The van der Waals surface area contributed by atoms with Crippen LogP contribution in [0.1, 0.15) is 445 Å². The van der Waals surface area contributed by atoms with E-state index in [1.54, 1.807) is 0 Å². The fraction of sp³-hybridized carbons (Fsp3) is 0.955. The van der Waals surface area contributed by atoms with Crippen LogP contribution in [0.4, 0.5) is 0 Å². The van der Waals surface area contributed by atoms with Crippen molar-refractivity contribution in [3.63, 3.8) is 0 Å². The molecule has 0 saturated heterocycles. The van der Waals surface area contributed by atoms with Gasteiger partial charge >= 0.3 is 31.7 Å². The molecule has 0 heterocycles. The number of esters is 4. The maximum absolute atomic E-state index is 12.9. The second-order valence-electron chi connectivity index (χ2n) is 33.7. The summed E-state index contributed by atoms with van der Waals surface area (Å²) in [5.41, 5.74) is 0. The first-order valence-corrected chi connectivity index (χ1v) is 48.4. The van der Waals surface area contributed by atoms with Gasteiger partial charge in [-0.15, -0.1) is 0 Å². The molecule has 0 spiro atoms. The number of hydrogen-bond acceptors (Lipinski definition) is 15. The molecule has 0 saturated carbocycles. The first-order chi connectivity index (χ1) is 51.9. The number of phosphoric ester groups is 2. The van der Waals surface area contributed by atoms with Crippen molar-refractivity contribution < 1.29 is 84.5 Å². The average Bonchev–Trinajstić information content (AvgIpc) is 0.864. The SMILES string of the molecule is CCCCCCCCCCCCCCCCCC(=O)OCC(CC(COP(=O)([O-])[O-])[N+](C)(C)C)OC(=O)CCCCCCCCCCCCCCCCC.CCCCCCCCCCCCCCCCCC(=O)OC[C@H](COP(=O)(O)OCC[N+](C)(C)C)OC(=O)CCCCCCCCCCCCCCCCC. The number of unbranched alkanes of at least 4 members (excludes halogenated alkanes) is 56. The number of carbonyl (C=O) groups excluding carboxylic acids is 4. The summed E-state index contributed by atoms with van der Waals surface area (Å²) in [7, 11) is 1.88. The van der Waals surface area contributed by atoms with Crippen LogP contribution in [0.2, 0.25) is 0 Å². The van der Waals surface area contributed by atoms with Crippen LogP contribution >= 0.6 is 15.6 Å². The van der Waals surface area contributed by atoms with Crippen molar-refractivity contribution in [2.45, 2.75) is 463 Å². The lowest BCUT2D eigenvalue weighted by Gasteiger charge is -2.38. The largest absolute Gasteiger partial charge is 0.790 e. The Labute approximate surface area is 665 Å². The predicted octanol–water partition coefficient (Wildman–Crippen LogP) is 24.1. The highest BCUT2D eigenvalue weighted by Crippen LogP contribution is 2.43. The highest BCUT2D eigenvalue weighted by atomic mass is 31.2. The second kappa shape index (κ2) is 77.6. The number of rotatable bonds is 83. The number of nitrogens with zero attached hydrogens (tertiary/aromatic N) is 2. The van der Waals surface area contributed by atoms with Gasteiger partial charge in [-0.05, 0) is 25.7 Å². The summed E-state index contributed by atoms with van der Waals surface area (Å²) in [6.45, 7) is 8.54. The van der Waals surface area contributed by atoms with Crippen LogP contribution in [0.5, 0.6) is 0 Å². The maximum atomic E-state index is 12.9. The monoisotopic (exact) mass is 1580 g/mol. The van der Waals surface area contributed by atoms with E-state index < -0.39 is 46.5 Å². The topological polar surface area (TPSA) is 233 Å². The Morgan fingerprint density at radius 1 is 0.306 bits per heavy atom. The molecule has 108 heavy (non-hydrogen) atoms. The third-order valence-corrected chi connectivity index (χ3v) is 22.3. The van der Waals surface area contributed by atoms with Crippen LogP contribution in [-0.2, 0) is 60.8 Å². The number of hydrogen-bond donors (Lipinski definition) is 1. The zero-order valence-electron chi connectivity index (χ0n) is 72.3. The Hall–Kier alpha value is -1.98. The van der Waals surface area contributed by atoms with Crippen molar-refractivity contribution in [2.24, 2.45) is 0 Å². The summed E-state index contributed by atoms with van der Waals surface area (Å²) in [6.07, 6.45) is 74.6. The van der Waals surface area contributed by atoms with Crippen molar-refractivity contribution >= 4 is 39.5 Å². The molecule has 0 aliphatic carbocycles. The Balaban J connectivity index is 0. The summed E-state index contributed by atoms with van der Waals surface area (Å²) in [4.78, 5) is 83.3. The van der Waals surface area contributed by atoms with E-state index in [0.29, 0.717) is 23.9 Å². The summed E-state index contributed by atoms with van der Waals surface area (Å²) in [6, 6.07) is -0.473. The Morgan fingerprint density at radius 2 is 0.537 bits per heavy atom. The Kier molecular flexibility index (Phi) is 77.6. The van der Waals surface area contributed by atoms with Gasteiger partial charge in [0.15, 0.2) is 6.10 Å². The highest BCUT2D eigenvalue weighted by molar-refractivity contribution is 7.47. The van der Waals surface area contributed by atoms with Crippen LogP contribution in [0.25, 0.3) is 0 Å². The van der Waals surface area contributed by atoms with Gasteiger partial charge in [-0.1, -0.05) is 387 Å². The van der Waals surface area contributed by atoms with Crippen LogP contribution in [0.3, 0.4) is 0 Å². The first-order valence-electron chi connectivity index (χ1n) is 45.5. The van der Waals surface area contributed by atoms with Gasteiger partial charge in [0, 0.05) is 32.1 Å². The highest BCUT2D eigenvalue weighted by Gasteiger charge is 2.32. The van der Waals surface area contributed by atoms with Crippen LogP contribution in [0.15, 0.2) is 0 Å². The molecule has 0 aliphatic heterocycles. The van der Waals surface area contributed by atoms with E-state index in [4.69, 9.17) is 28.0 Å². The molecule has 0 aromatic heterocycles. The molecule has 0 radical (unpaired) electrons. The van der Waals surface area contributed by atoms with E-state index in [-0.39, 0.29) is 68.1 Å². The lowest BCUT2D eigenvalue weighted by Crippen LogP contribution is -2.50. The fourth-order valence-electron chi connectivity index (χ4n) is 13.6. The van der Waals surface area contributed by atoms with Gasteiger partial charge in [-0.25, -0.2) is 4.57 Å². The molecule has 1 N–H and O–H groups in total. The van der Waals surface area contributed by atoms with Crippen LogP contribution in [-0.4, -0.2) is 138 Å². The van der Waals surface area contributed by atoms with E-state index >= 15 is 0 Å². The number of quaternary nitrogens is 2. The van der Waals surface area contributed by atoms with E-state index in [1.807, 2.05) is 42.3 Å². The van der Waals surface area contributed by atoms with E-state index in [2.05, 4.69) is 32.2 Å². The summed E-state index contributed by atoms with van der Waals surface area (Å²) >= 11 is 0. The van der Waals surface area contributed by atoms with Crippen molar-refractivity contribution in [1.82, 2.24) is 0 Å². The normalized spacial score (nSPS) is 13.4. The molecule has 20 heteroatoms. The quantitative estimate of drug-likeness (QED) is 0.0196. The van der Waals surface area contributed by atoms with E-state index in [1.165, 1.54) is 308 Å². The Bertz CT molecular complexity index is 2090. The minimum absolute atomic E-state index is 0.0369. The molecule has 4 atom stereocenters. The third kappa shape index (κ3) is 84.9. The van der Waals surface area contributed by atoms with Crippen molar-refractivity contribution in [3.05, 3.63) is 0 Å². The zero-order valence-corrected chi connectivity index (χ0v) is 74.1. The lowest BCUT2D eigenvalue weighted by molar-refractivity contribution is -0.897. The maximum Gasteiger partial charge on any atom is 0.472 e. The van der Waals surface area contributed by atoms with Gasteiger partial charge in [-0.2, -0.15) is 0 Å². The zero-order chi connectivity index (χ0) is 80.2. The van der Waals surface area contributed by atoms with Gasteiger partial charge < -0.3 is 51.7 Å². The van der Waals surface area contributed by atoms with E-state index in [9.17, 15) is 43.0 Å². The molecule has 0 aromatic carbocycles. The minimum Gasteiger partial charge on any atom is -0.790 e. The van der Waals surface area contributed by atoms with Gasteiger partial charge in [0.25, 0.3) is 0 Å². The molecule has 0 aliphatic rings. The number of phosphoric acid groups is 2. The van der Waals surface area contributed by atoms with Gasteiger partial charge in [0.05, 0.1) is 56.7 Å². The van der Waals surface area contributed by atoms with Gasteiger partial charge in [0.2, 0.25) is 0 Å². The first kappa shape index (κ1) is 108. The van der Waals surface area contributed by atoms with E-state index in [0.717, 1.165) is 77.0 Å². The van der Waals surface area contributed by atoms with Crippen LogP contribution < -0.4 is 9.79 Å². The smallest absolute Gasteiger partial charge is 0.472 e. The lowest BCUT2D eigenvalue weighted by atomic mass is 10.0. The summed E-state index contributed by atoms with van der Waals surface area (Å²) in [5, 5.41) is 0. The molecule has 0 rings (SSSR count). The third-order valence-electron chi connectivity index (χ3n) is 20.9. The number of carbonyl (C=O) groups is 4. The predicted molar refractivity (Wildman–Crippen MR) is 444 cm³/mol. The molecule has 0 fully saturated rings. The average molecular weight is 1580 g/mol. The standard InChI is InChI=1S/2C44H88NO8P/c1-6-8-10-12-14-16-18-20-22-24-26-28-30-32-34-36-43(46)51-40-42(38-41(45(3,4)5)39-52-54(48,49)50)53-44(47)37-35-33-31-29-27-25-23-21-19-17-15-13-11-9-7-2;1-6-8-10-12-14-16-18-20-22-24-26-28-30-32-34-36-43(46)50-40-42(41-52-54(48,49)51-39-38-45(3,4)5)53-44(47)37-35-33-31-29-27-25-23-21-19-17-15-13-11-9-7-2/h41-42H,6-40H2,1-5H3,(H-,48,49,50);42H,6-41H2,1-5H3/t;42-/m.1/s1. The van der Waals surface area contributed by atoms with Crippen molar-refractivity contribution in [2.75, 3.05) is 81.9 Å². The number of ether oxygens (including phenoxy) is 4. The van der Waals surface area contributed by atoms with Crippen molar-refractivity contribution in [3.8, 4) is 0 Å². The Morgan fingerprint density at radius 3 is 0.778 bits per heavy atom. The molecule has 18 nitrogen and oxygen atoms in total. The fourth-order valence-corrected chi connectivity index (χ4v) is 14.7. The molecular formula is C88H176N2O16P2. The molecule has 0 bridgehead atoms. The minimum atomic E-state index is -5.17. The molecular weight excluding hydrogens is 1400 g/mol. The summed E-state index contributed by atoms with van der Waals surface area (Å²) < 4.78 is 61.8. The summed E-state index contributed by atoms with van der Waals surface area (Å²) in [5.74, 6) is -1.46. The van der Waals surface area contributed by atoms with Gasteiger partial charge in [-0.3, -0.25) is 28.2 Å².